The minimum absolute atomic E-state index is 0.0207. The highest BCUT2D eigenvalue weighted by molar-refractivity contribution is 5.89. The van der Waals surface area contributed by atoms with Gasteiger partial charge in [0.2, 0.25) is 5.95 Å². The maximum Gasteiger partial charge on any atom is 0.411 e. The predicted molar refractivity (Wildman–Crippen MR) is 154 cm³/mol. The van der Waals surface area contributed by atoms with E-state index in [1.807, 2.05) is 6.20 Å². The van der Waals surface area contributed by atoms with Gasteiger partial charge in [0.15, 0.2) is 5.82 Å². The van der Waals surface area contributed by atoms with E-state index in [0.29, 0.717) is 47.5 Å². The maximum absolute atomic E-state index is 11.3. The molecule has 3 aromatic rings. The van der Waals surface area contributed by atoms with E-state index in [1.54, 1.807) is 18.0 Å². The molecule has 2 saturated heterocycles. The third kappa shape index (κ3) is 6.85. The van der Waals surface area contributed by atoms with Crippen LogP contribution in [0.15, 0.2) is 18.5 Å². The van der Waals surface area contributed by atoms with Gasteiger partial charge in [-0.05, 0) is 62.7 Å². The Morgan fingerprint density at radius 1 is 1.22 bits per heavy atom. The van der Waals surface area contributed by atoms with Gasteiger partial charge in [0.25, 0.3) is 0 Å². The van der Waals surface area contributed by atoms with Gasteiger partial charge in [-0.25, -0.2) is 9.78 Å². The average molecular weight is 569 g/mol. The van der Waals surface area contributed by atoms with Crippen molar-refractivity contribution in [3.05, 3.63) is 29.7 Å². The minimum Gasteiger partial charge on any atom is -0.495 e. The molecule has 0 aromatic carbocycles. The van der Waals surface area contributed by atoms with Gasteiger partial charge >= 0.3 is 6.09 Å². The number of aliphatic hydroxyl groups is 1. The average Bonchev–Trinajstić information content (AvgIpc) is 3.64. The number of piperidine rings is 1. The van der Waals surface area contributed by atoms with E-state index < -0.39 is 6.09 Å². The molecule has 13 heteroatoms. The first kappa shape index (κ1) is 29.0. The maximum atomic E-state index is 11.3. The van der Waals surface area contributed by atoms with Crippen LogP contribution in [-0.2, 0) is 11.3 Å². The van der Waals surface area contributed by atoms with Gasteiger partial charge in [-0.15, -0.1) is 0 Å². The number of methoxy groups -OCH3 is 1. The second-order valence-corrected chi connectivity index (χ2v) is 10.7. The van der Waals surface area contributed by atoms with Crippen LogP contribution in [0.3, 0.4) is 0 Å². The van der Waals surface area contributed by atoms with Gasteiger partial charge in [0, 0.05) is 31.5 Å². The first-order valence-corrected chi connectivity index (χ1v) is 14.4. The number of carboxylic acid groups (broad SMARTS) is 1. The number of carbonyl (C=O) groups is 1. The predicted octanol–water partition coefficient (Wildman–Crippen LogP) is 3.30. The number of ether oxygens (including phenoxy) is 2. The first-order valence-electron chi connectivity index (χ1n) is 14.4. The monoisotopic (exact) mass is 568 g/mol. The standard InChI is InChI=1S/C28H40N8O5/c1-3-4-20(7-11-37)31-26-25-22(32-27(33-26)34-28(38)39)15-30-36(25)16-23-24(40-2)13-19(14-29-23)18-5-9-35(10-6-18)21-8-12-41-17-21/h13-15,18,20-21,37H,3-12,16-17H2,1-2H3,(H,38,39)(H2,31,32,33,34)/t20-,21?/m0/s1. The van der Waals surface area contributed by atoms with Crippen LogP contribution in [0.4, 0.5) is 16.6 Å². The third-order valence-corrected chi connectivity index (χ3v) is 8.06. The van der Waals surface area contributed by atoms with Crippen LogP contribution < -0.4 is 15.4 Å². The molecule has 1 unspecified atom stereocenters. The number of likely N-dealkylation sites (tertiary alicyclic amines) is 1. The Morgan fingerprint density at radius 2 is 2.05 bits per heavy atom. The molecule has 13 nitrogen and oxygen atoms in total. The van der Waals surface area contributed by atoms with Crippen molar-refractivity contribution in [2.75, 3.05) is 50.7 Å². The zero-order chi connectivity index (χ0) is 28.8. The Morgan fingerprint density at radius 3 is 2.73 bits per heavy atom. The lowest BCUT2D eigenvalue weighted by atomic mass is 9.89. The molecule has 5 heterocycles. The molecule has 2 atom stereocenters. The van der Waals surface area contributed by atoms with Crippen LogP contribution in [0.1, 0.15) is 62.6 Å². The molecule has 2 fully saturated rings. The first-order chi connectivity index (χ1) is 20.0. The van der Waals surface area contributed by atoms with Crippen molar-refractivity contribution < 1.29 is 24.5 Å². The SMILES string of the molecule is CCC[C@@H](CCO)Nc1nc(NC(=O)O)nc2cnn(Cc3ncc(C4CCN(C5CCOC5)CC4)cc3OC)c12. The number of amides is 1. The van der Waals surface area contributed by atoms with Gasteiger partial charge in [-0.3, -0.25) is 19.9 Å². The van der Waals surface area contributed by atoms with Gasteiger partial charge < -0.3 is 25.0 Å². The van der Waals surface area contributed by atoms with Crippen molar-refractivity contribution in [1.82, 2.24) is 29.6 Å². The molecule has 1 amide bonds. The summed E-state index contributed by atoms with van der Waals surface area (Å²) in [6.07, 6.45) is 7.81. The van der Waals surface area contributed by atoms with Gasteiger partial charge in [-0.1, -0.05) is 13.3 Å². The van der Waals surface area contributed by atoms with Gasteiger partial charge in [0.1, 0.15) is 22.5 Å². The van der Waals surface area contributed by atoms with Crippen molar-refractivity contribution in [1.29, 1.82) is 0 Å². The van der Waals surface area contributed by atoms with E-state index in [0.717, 1.165) is 64.1 Å². The lowest BCUT2D eigenvalue weighted by molar-refractivity contribution is 0.122. The van der Waals surface area contributed by atoms with E-state index in [9.17, 15) is 15.0 Å². The fourth-order valence-electron chi connectivity index (χ4n) is 5.91. The summed E-state index contributed by atoms with van der Waals surface area (Å²) in [4.78, 5) is 27.4. The molecule has 0 radical (unpaired) electrons. The van der Waals surface area contributed by atoms with Gasteiger partial charge in [0.05, 0.1) is 26.5 Å². The zero-order valence-electron chi connectivity index (χ0n) is 23.8. The number of fused-ring (bicyclic) bond motifs is 1. The highest BCUT2D eigenvalue weighted by Gasteiger charge is 2.29. The normalized spacial score (nSPS) is 19.0. The Labute approximate surface area is 239 Å². The number of nitrogens with zero attached hydrogens (tertiary/aromatic N) is 6. The molecular formula is C28H40N8O5. The second-order valence-electron chi connectivity index (χ2n) is 10.7. The number of hydrogen-bond acceptors (Lipinski definition) is 10. The number of pyridine rings is 1. The molecule has 0 aliphatic carbocycles. The molecule has 3 aromatic heterocycles. The Balaban J connectivity index is 1.38. The Kier molecular flexibility index (Phi) is 9.47. The van der Waals surface area contributed by atoms with E-state index in [4.69, 9.17) is 14.5 Å². The van der Waals surface area contributed by atoms with Crippen molar-refractivity contribution in [3.63, 3.8) is 0 Å². The number of aliphatic hydroxyl groups excluding tert-OH is 1. The minimum atomic E-state index is -1.25. The van der Waals surface area contributed by atoms with Crippen molar-refractivity contribution >= 4 is 28.9 Å². The lowest BCUT2D eigenvalue weighted by Gasteiger charge is -2.35. The number of rotatable bonds is 12. The van der Waals surface area contributed by atoms with E-state index >= 15 is 0 Å². The molecule has 2 aliphatic heterocycles. The largest absolute Gasteiger partial charge is 0.495 e. The summed E-state index contributed by atoms with van der Waals surface area (Å²) in [7, 11) is 1.65. The summed E-state index contributed by atoms with van der Waals surface area (Å²) in [6.45, 7) is 6.24. The molecular weight excluding hydrogens is 528 g/mol. The Hall–Kier alpha value is -3.55. The van der Waals surface area contributed by atoms with Crippen LogP contribution in [0, 0.1) is 0 Å². The molecule has 222 valence electrons. The molecule has 5 rings (SSSR count). The summed E-state index contributed by atoms with van der Waals surface area (Å²) in [6, 6.07) is 2.59. The molecule has 0 bridgehead atoms. The summed E-state index contributed by atoms with van der Waals surface area (Å²) < 4.78 is 13.1. The van der Waals surface area contributed by atoms with Crippen molar-refractivity contribution in [2.45, 2.75) is 70.0 Å². The van der Waals surface area contributed by atoms with E-state index in [2.05, 4.69) is 43.6 Å². The number of hydrogen-bond donors (Lipinski definition) is 4. The number of aromatic nitrogens is 5. The fourth-order valence-corrected chi connectivity index (χ4v) is 5.91. The summed E-state index contributed by atoms with van der Waals surface area (Å²) in [5, 5.41) is 28.9. The lowest BCUT2D eigenvalue weighted by Crippen LogP contribution is -2.41. The third-order valence-electron chi connectivity index (χ3n) is 8.06. The van der Waals surface area contributed by atoms with Crippen LogP contribution >= 0.6 is 0 Å². The smallest absolute Gasteiger partial charge is 0.411 e. The highest BCUT2D eigenvalue weighted by atomic mass is 16.5. The van der Waals surface area contributed by atoms with Crippen LogP contribution in [-0.4, -0.2) is 98.0 Å². The second kappa shape index (κ2) is 13.4. The van der Waals surface area contributed by atoms with Crippen LogP contribution in [0.5, 0.6) is 5.75 Å². The molecule has 0 saturated carbocycles. The fraction of sp³-hybridized carbons (Fsp3) is 0.607. The summed E-state index contributed by atoms with van der Waals surface area (Å²) >= 11 is 0. The summed E-state index contributed by atoms with van der Waals surface area (Å²) in [5.41, 5.74) is 3.01. The quantitative estimate of drug-likeness (QED) is 0.254. The van der Waals surface area contributed by atoms with E-state index in [1.165, 1.54) is 5.56 Å². The molecule has 41 heavy (non-hydrogen) atoms. The topological polar surface area (TPSA) is 160 Å². The van der Waals surface area contributed by atoms with Crippen molar-refractivity contribution in [3.8, 4) is 5.75 Å². The zero-order valence-corrected chi connectivity index (χ0v) is 23.8. The molecule has 2 aliphatic rings. The van der Waals surface area contributed by atoms with E-state index in [-0.39, 0.29) is 18.6 Å². The summed E-state index contributed by atoms with van der Waals surface area (Å²) in [5.74, 6) is 1.53. The van der Waals surface area contributed by atoms with Crippen LogP contribution in [0.25, 0.3) is 11.0 Å². The highest BCUT2D eigenvalue weighted by Crippen LogP contribution is 2.33. The molecule has 4 N–H and O–H groups in total. The Bertz CT molecular complexity index is 1310. The molecule has 0 spiro atoms. The number of nitrogens with one attached hydrogen (secondary N) is 2. The number of anilines is 2. The van der Waals surface area contributed by atoms with Gasteiger partial charge in [-0.2, -0.15) is 10.1 Å². The van der Waals surface area contributed by atoms with Crippen molar-refractivity contribution in [2.24, 2.45) is 0 Å². The van der Waals surface area contributed by atoms with Crippen LogP contribution in [0.2, 0.25) is 0 Å².